The predicted octanol–water partition coefficient (Wildman–Crippen LogP) is -1.99. The van der Waals surface area contributed by atoms with Crippen LogP contribution in [0.1, 0.15) is 10.4 Å². The Labute approximate surface area is 120 Å². The zero-order chi connectivity index (χ0) is 16.4. The molecule has 0 aliphatic rings. The van der Waals surface area contributed by atoms with E-state index in [-0.39, 0.29) is 6.29 Å². The van der Waals surface area contributed by atoms with Gasteiger partial charge in [0.05, 0.1) is 12.2 Å². The predicted molar refractivity (Wildman–Crippen MR) is 70.6 cm³/mol. The lowest BCUT2D eigenvalue weighted by Gasteiger charge is -2.22. The lowest BCUT2D eigenvalue weighted by molar-refractivity contribution is -0.136. The first kappa shape index (κ1) is 19.2. The van der Waals surface area contributed by atoms with E-state index in [9.17, 15) is 9.59 Å². The van der Waals surface area contributed by atoms with Gasteiger partial charge in [-0.1, -0.05) is 18.2 Å². The molecule has 1 rings (SSSR count). The van der Waals surface area contributed by atoms with E-state index < -0.39 is 37.0 Å². The Balaban J connectivity index is 0.000000394. The van der Waals surface area contributed by atoms with E-state index in [0.717, 1.165) is 0 Å². The van der Waals surface area contributed by atoms with Crippen LogP contribution in [-0.2, 0) is 4.79 Å². The SMILES string of the molecule is O=C(O)c1ccccc1.O=CC(O)C(O)C(O)C(O)CO. The summed E-state index contributed by atoms with van der Waals surface area (Å²) in [4.78, 5) is 20.1. The molecule has 21 heavy (non-hydrogen) atoms. The van der Waals surface area contributed by atoms with Gasteiger partial charge in [0.25, 0.3) is 0 Å². The molecule has 0 bridgehead atoms. The Hall–Kier alpha value is -1.84. The molecule has 8 heteroatoms. The van der Waals surface area contributed by atoms with Crippen molar-refractivity contribution in [1.29, 1.82) is 0 Å². The van der Waals surface area contributed by atoms with Crippen LogP contribution >= 0.6 is 0 Å². The molecule has 0 fully saturated rings. The van der Waals surface area contributed by atoms with Crippen molar-refractivity contribution in [2.75, 3.05) is 6.61 Å². The molecule has 0 aromatic heterocycles. The van der Waals surface area contributed by atoms with Crippen molar-refractivity contribution < 1.29 is 40.2 Å². The van der Waals surface area contributed by atoms with E-state index in [1.54, 1.807) is 30.3 Å². The normalized spacial score (nSPS) is 15.9. The number of carbonyl (C=O) groups is 2. The molecule has 4 unspecified atom stereocenters. The number of aromatic carboxylic acids is 1. The lowest BCUT2D eigenvalue weighted by atomic mass is 10.0. The van der Waals surface area contributed by atoms with E-state index in [4.69, 9.17) is 30.6 Å². The molecule has 118 valence electrons. The largest absolute Gasteiger partial charge is 0.478 e. The van der Waals surface area contributed by atoms with Crippen molar-refractivity contribution in [3.8, 4) is 0 Å². The number of hydrogen-bond donors (Lipinski definition) is 6. The molecule has 1 aromatic carbocycles. The maximum atomic E-state index is 10.2. The smallest absolute Gasteiger partial charge is 0.335 e. The average molecular weight is 302 g/mol. The molecule has 0 saturated heterocycles. The van der Waals surface area contributed by atoms with Gasteiger partial charge in [-0.2, -0.15) is 0 Å². The number of carboxylic acid groups (broad SMARTS) is 1. The van der Waals surface area contributed by atoms with E-state index in [1.165, 1.54) is 0 Å². The second-order valence-corrected chi connectivity index (χ2v) is 4.03. The summed E-state index contributed by atoms with van der Waals surface area (Å²) in [5.74, 6) is -0.879. The van der Waals surface area contributed by atoms with Crippen LogP contribution in [0, 0.1) is 0 Å². The number of aliphatic hydroxyl groups is 5. The van der Waals surface area contributed by atoms with Gasteiger partial charge in [0.2, 0.25) is 0 Å². The maximum Gasteiger partial charge on any atom is 0.335 e. The fraction of sp³-hybridized carbons (Fsp3) is 0.385. The van der Waals surface area contributed by atoms with Crippen LogP contribution in [0.4, 0.5) is 0 Å². The van der Waals surface area contributed by atoms with Crippen LogP contribution in [0.3, 0.4) is 0 Å². The molecule has 0 aliphatic heterocycles. The fourth-order valence-electron chi connectivity index (χ4n) is 1.20. The molecule has 0 radical (unpaired) electrons. The summed E-state index contributed by atoms with van der Waals surface area (Å²) in [6, 6.07) is 8.30. The molecule has 1 aromatic rings. The minimum atomic E-state index is -1.79. The van der Waals surface area contributed by atoms with Crippen molar-refractivity contribution in [2.24, 2.45) is 0 Å². The van der Waals surface area contributed by atoms with Gasteiger partial charge in [-0.25, -0.2) is 4.79 Å². The monoisotopic (exact) mass is 302 g/mol. The summed E-state index contributed by atoms with van der Waals surface area (Å²) in [5.41, 5.74) is 0.331. The quantitative estimate of drug-likeness (QED) is 0.330. The molecular formula is C13H18O8. The first-order chi connectivity index (χ1) is 9.84. The number of rotatable bonds is 6. The van der Waals surface area contributed by atoms with Gasteiger partial charge < -0.3 is 35.4 Å². The second-order valence-electron chi connectivity index (χ2n) is 4.03. The minimum Gasteiger partial charge on any atom is -0.478 e. The topological polar surface area (TPSA) is 156 Å². The zero-order valence-electron chi connectivity index (χ0n) is 11.0. The Morgan fingerprint density at radius 1 is 1.05 bits per heavy atom. The van der Waals surface area contributed by atoms with Crippen molar-refractivity contribution >= 4 is 12.3 Å². The Morgan fingerprint density at radius 3 is 1.90 bits per heavy atom. The van der Waals surface area contributed by atoms with Crippen molar-refractivity contribution in [1.82, 2.24) is 0 Å². The summed E-state index contributed by atoms with van der Waals surface area (Å²) in [6.45, 7) is -0.760. The highest BCUT2D eigenvalue weighted by molar-refractivity contribution is 5.87. The van der Waals surface area contributed by atoms with Gasteiger partial charge in [0, 0.05) is 0 Å². The number of hydrogen-bond acceptors (Lipinski definition) is 7. The highest BCUT2D eigenvalue weighted by atomic mass is 16.4. The third-order valence-electron chi connectivity index (χ3n) is 2.44. The molecule has 8 nitrogen and oxygen atoms in total. The van der Waals surface area contributed by atoms with Crippen molar-refractivity contribution in [3.63, 3.8) is 0 Å². The van der Waals surface area contributed by atoms with Crippen LogP contribution in [0.2, 0.25) is 0 Å². The van der Waals surface area contributed by atoms with Crippen LogP contribution in [0.15, 0.2) is 30.3 Å². The first-order valence-corrected chi connectivity index (χ1v) is 5.91. The molecule has 0 aliphatic carbocycles. The van der Waals surface area contributed by atoms with Crippen LogP contribution in [0.5, 0.6) is 0 Å². The van der Waals surface area contributed by atoms with Gasteiger partial charge in [0.1, 0.15) is 24.4 Å². The third-order valence-corrected chi connectivity index (χ3v) is 2.44. The van der Waals surface area contributed by atoms with Gasteiger partial charge in [-0.15, -0.1) is 0 Å². The second kappa shape index (κ2) is 9.97. The highest BCUT2D eigenvalue weighted by Crippen LogP contribution is 2.03. The summed E-state index contributed by atoms with van der Waals surface area (Å²) in [6.07, 6.45) is -6.84. The Morgan fingerprint density at radius 2 is 1.57 bits per heavy atom. The standard InChI is InChI=1S/C7H6O2.C6H12O6/c8-7(9)6-4-2-1-3-5-6;7-1-3(9)5(11)6(12)4(10)2-8/h1-5H,(H,8,9);1,3-6,8-12H,2H2. The van der Waals surface area contributed by atoms with Crippen molar-refractivity contribution in [2.45, 2.75) is 24.4 Å². The average Bonchev–Trinajstić information content (AvgIpc) is 2.53. The molecule has 0 spiro atoms. The van der Waals surface area contributed by atoms with Crippen molar-refractivity contribution in [3.05, 3.63) is 35.9 Å². The summed E-state index contributed by atoms with van der Waals surface area (Å²) in [7, 11) is 0. The van der Waals surface area contributed by atoms with Gasteiger partial charge in [-0.3, -0.25) is 0 Å². The number of aldehydes is 1. The summed E-state index contributed by atoms with van der Waals surface area (Å²) < 4.78 is 0. The number of carbonyl (C=O) groups excluding carboxylic acids is 1. The summed E-state index contributed by atoms with van der Waals surface area (Å²) in [5, 5.41) is 51.9. The molecule has 0 amide bonds. The van der Waals surface area contributed by atoms with E-state index >= 15 is 0 Å². The molecule has 4 atom stereocenters. The van der Waals surface area contributed by atoms with Gasteiger partial charge in [-0.05, 0) is 12.1 Å². The number of aliphatic hydroxyl groups excluding tert-OH is 5. The number of carboxylic acids is 1. The van der Waals surface area contributed by atoms with Gasteiger partial charge in [0.15, 0.2) is 6.29 Å². The molecular weight excluding hydrogens is 284 g/mol. The number of benzene rings is 1. The first-order valence-electron chi connectivity index (χ1n) is 5.91. The lowest BCUT2D eigenvalue weighted by Crippen LogP contribution is -2.46. The van der Waals surface area contributed by atoms with Crippen LogP contribution in [0.25, 0.3) is 0 Å². The Bertz CT molecular complexity index is 421. The van der Waals surface area contributed by atoms with E-state index in [0.29, 0.717) is 5.56 Å². The van der Waals surface area contributed by atoms with Gasteiger partial charge >= 0.3 is 5.97 Å². The fourth-order valence-corrected chi connectivity index (χ4v) is 1.20. The summed E-state index contributed by atoms with van der Waals surface area (Å²) >= 11 is 0. The third kappa shape index (κ3) is 6.93. The molecule has 6 N–H and O–H groups in total. The minimum absolute atomic E-state index is 0.0258. The van der Waals surface area contributed by atoms with E-state index in [1.807, 2.05) is 0 Å². The molecule has 0 saturated carbocycles. The maximum absolute atomic E-state index is 10.2. The Kier molecular flexibility index (Phi) is 9.10. The van der Waals surface area contributed by atoms with Crippen LogP contribution in [-0.4, -0.2) is 73.9 Å². The van der Waals surface area contributed by atoms with E-state index in [2.05, 4.69) is 0 Å². The van der Waals surface area contributed by atoms with Crippen LogP contribution < -0.4 is 0 Å². The zero-order valence-corrected chi connectivity index (χ0v) is 11.0. The molecule has 0 heterocycles. The highest BCUT2D eigenvalue weighted by Gasteiger charge is 2.29.